The normalized spacial score (nSPS) is 15.4. The number of nitrogens with zero attached hydrogens (tertiary/aromatic N) is 2. The van der Waals surface area contributed by atoms with Gasteiger partial charge in [-0.05, 0) is 43.5 Å². The number of hydrogen-bond acceptors (Lipinski definition) is 4. The lowest BCUT2D eigenvalue weighted by Gasteiger charge is -2.21. The molecule has 0 bridgehead atoms. The number of aryl methyl sites for hydroxylation is 1. The average Bonchev–Trinajstić information content (AvgIpc) is 3.17. The molecule has 3 rings (SSSR count). The molecule has 1 aromatic heterocycles. The molecule has 2 aromatic rings. The van der Waals surface area contributed by atoms with Crippen LogP contribution in [0.3, 0.4) is 0 Å². The second kappa shape index (κ2) is 6.06. The SMILES string of the molecule is Cc1cc(S(=O)(=O)N(CCc2nccs2)C2CC2)ccc1F. The van der Waals surface area contributed by atoms with Gasteiger partial charge >= 0.3 is 0 Å². The molecule has 0 atom stereocenters. The Labute approximate surface area is 133 Å². The quantitative estimate of drug-likeness (QED) is 0.812. The Bertz CT molecular complexity index is 756. The first-order valence-electron chi connectivity index (χ1n) is 7.15. The van der Waals surface area contributed by atoms with Crippen LogP contribution in [0.25, 0.3) is 0 Å². The van der Waals surface area contributed by atoms with Crippen LogP contribution in [0.1, 0.15) is 23.4 Å². The Morgan fingerprint density at radius 3 is 2.77 bits per heavy atom. The van der Waals surface area contributed by atoms with Crippen molar-refractivity contribution in [3.05, 3.63) is 46.2 Å². The number of hydrogen-bond donors (Lipinski definition) is 0. The summed E-state index contributed by atoms with van der Waals surface area (Å²) in [5.74, 6) is -0.389. The van der Waals surface area contributed by atoms with E-state index in [0.29, 0.717) is 18.5 Å². The van der Waals surface area contributed by atoms with Gasteiger partial charge in [0, 0.05) is 30.6 Å². The molecule has 1 saturated carbocycles. The molecule has 0 saturated heterocycles. The lowest BCUT2D eigenvalue weighted by molar-refractivity contribution is 0.406. The predicted octanol–water partition coefficient (Wildman–Crippen LogP) is 2.99. The summed E-state index contributed by atoms with van der Waals surface area (Å²) in [6.07, 6.45) is 4.10. The topological polar surface area (TPSA) is 50.3 Å². The Hall–Kier alpha value is -1.31. The van der Waals surface area contributed by atoms with Gasteiger partial charge in [0.1, 0.15) is 5.82 Å². The molecule has 1 aliphatic rings. The van der Waals surface area contributed by atoms with Crippen molar-refractivity contribution in [2.24, 2.45) is 0 Å². The van der Waals surface area contributed by atoms with Crippen molar-refractivity contribution in [3.8, 4) is 0 Å². The highest BCUT2D eigenvalue weighted by molar-refractivity contribution is 7.89. The maximum Gasteiger partial charge on any atom is 0.243 e. The van der Waals surface area contributed by atoms with Gasteiger partial charge in [-0.25, -0.2) is 17.8 Å². The van der Waals surface area contributed by atoms with Crippen LogP contribution in [0.15, 0.2) is 34.7 Å². The van der Waals surface area contributed by atoms with E-state index in [2.05, 4.69) is 4.98 Å². The Morgan fingerprint density at radius 2 is 2.18 bits per heavy atom. The zero-order valence-corrected chi connectivity index (χ0v) is 13.8. The molecular formula is C15H17FN2O2S2. The Kier molecular flexibility index (Phi) is 4.29. The molecule has 118 valence electrons. The molecule has 1 fully saturated rings. The van der Waals surface area contributed by atoms with E-state index >= 15 is 0 Å². The van der Waals surface area contributed by atoms with E-state index in [0.717, 1.165) is 17.8 Å². The van der Waals surface area contributed by atoms with Crippen LogP contribution < -0.4 is 0 Å². The minimum absolute atomic E-state index is 0.0651. The summed E-state index contributed by atoms with van der Waals surface area (Å²) in [5.41, 5.74) is 0.344. The lowest BCUT2D eigenvalue weighted by atomic mass is 10.2. The molecule has 0 N–H and O–H groups in total. The van der Waals surface area contributed by atoms with E-state index < -0.39 is 10.0 Å². The molecule has 0 amide bonds. The van der Waals surface area contributed by atoms with Gasteiger partial charge in [-0.15, -0.1) is 11.3 Å². The summed E-state index contributed by atoms with van der Waals surface area (Å²) in [6.45, 7) is 1.99. The third-order valence-corrected chi connectivity index (χ3v) is 6.51. The van der Waals surface area contributed by atoms with Gasteiger partial charge in [0.25, 0.3) is 0 Å². The molecule has 0 aliphatic heterocycles. The first kappa shape index (κ1) is 15.6. The number of halogens is 1. The van der Waals surface area contributed by atoms with Crippen molar-refractivity contribution in [2.75, 3.05) is 6.54 Å². The van der Waals surface area contributed by atoms with Crippen molar-refractivity contribution in [1.29, 1.82) is 0 Å². The average molecular weight is 340 g/mol. The minimum atomic E-state index is -3.59. The first-order valence-corrected chi connectivity index (χ1v) is 9.47. The smallest absolute Gasteiger partial charge is 0.243 e. The van der Waals surface area contributed by atoms with Gasteiger partial charge in [0.05, 0.1) is 9.90 Å². The van der Waals surface area contributed by atoms with Gasteiger partial charge in [0.2, 0.25) is 10.0 Å². The third-order valence-electron chi connectivity index (χ3n) is 3.72. The molecule has 1 aliphatic carbocycles. The van der Waals surface area contributed by atoms with E-state index in [1.54, 1.807) is 17.4 Å². The second-order valence-corrected chi connectivity index (χ2v) is 8.30. The molecule has 1 heterocycles. The van der Waals surface area contributed by atoms with Gasteiger partial charge in [-0.3, -0.25) is 0 Å². The van der Waals surface area contributed by atoms with Gasteiger partial charge in [-0.1, -0.05) is 0 Å². The fourth-order valence-corrected chi connectivity index (χ4v) is 4.74. The summed E-state index contributed by atoms with van der Waals surface area (Å²) in [4.78, 5) is 4.36. The maximum absolute atomic E-state index is 13.4. The highest BCUT2D eigenvalue weighted by Crippen LogP contribution is 2.32. The van der Waals surface area contributed by atoms with Crippen molar-refractivity contribution < 1.29 is 12.8 Å². The fourth-order valence-electron chi connectivity index (χ4n) is 2.36. The van der Waals surface area contributed by atoms with Crippen LogP contribution in [0.5, 0.6) is 0 Å². The monoisotopic (exact) mass is 340 g/mol. The van der Waals surface area contributed by atoms with Gasteiger partial charge in [0.15, 0.2) is 0 Å². The Balaban J connectivity index is 1.84. The standard InChI is InChI=1S/C15H17FN2O2S2/c1-11-10-13(4-5-14(11)16)22(19,20)18(12-2-3-12)8-6-15-17-7-9-21-15/h4-5,7,9-10,12H,2-3,6,8H2,1H3. The van der Waals surface area contributed by atoms with Crippen LogP contribution in [0, 0.1) is 12.7 Å². The summed E-state index contributed by atoms with van der Waals surface area (Å²) in [5, 5.41) is 2.81. The number of aromatic nitrogens is 1. The van der Waals surface area contributed by atoms with E-state index in [9.17, 15) is 12.8 Å². The van der Waals surface area contributed by atoms with E-state index in [4.69, 9.17) is 0 Å². The molecule has 4 nitrogen and oxygen atoms in total. The van der Waals surface area contributed by atoms with Crippen molar-refractivity contribution in [2.45, 2.75) is 37.1 Å². The highest BCUT2D eigenvalue weighted by atomic mass is 32.2. The van der Waals surface area contributed by atoms with Crippen molar-refractivity contribution >= 4 is 21.4 Å². The van der Waals surface area contributed by atoms with E-state index in [1.807, 2.05) is 5.38 Å². The van der Waals surface area contributed by atoms with Crippen LogP contribution in [-0.2, 0) is 16.4 Å². The van der Waals surface area contributed by atoms with E-state index in [1.165, 1.54) is 29.5 Å². The Morgan fingerprint density at radius 1 is 1.41 bits per heavy atom. The summed E-state index contributed by atoms with van der Waals surface area (Å²) < 4.78 is 40.6. The van der Waals surface area contributed by atoms with Crippen LogP contribution in [0.4, 0.5) is 4.39 Å². The molecular weight excluding hydrogens is 323 g/mol. The minimum Gasteiger partial charge on any atom is -0.250 e. The van der Waals surface area contributed by atoms with Gasteiger partial charge in [-0.2, -0.15) is 4.31 Å². The van der Waals surface area contributed by atoms with Crippen molar-refractivity contribution in [1.82, 2.24) is 9.29 Å². The predicted molar refractivity (Wildman–Crippen MR) is 83.9 cm³/mol. The lowest BCUT2D eigenvalue weighted by Crippen LogP contribution is -2.35. The fraction of sp³-hybridized carbons (Fsp3) is 0.400. The number of thiazole rings is 1. The van der Waals surface area contributed by atoms with E-state index in [-0.39, 0.29) is 16.8 Å². The molecule has 0 spiro atoms. The summed E-state index contributed by atoms with van der Waals surface area (Å²) in [7, 11) is -3.59. The number of benzene rings is 1. The van der Waals surface area contributed by atoms with Crippen LogP contribution in [0.2, 0.25) is 0 Å². The molecule has 7 heteroatoms. The maximum atomic E-state index is 13.4. The highest BCUT2D eigenvalue weighted by Gasteiger charge is 2.37. The van der Waals surface area contributed by atoms with Gasteiger partial charge < -0.3 is 0 Å². The first-order chi connectivity index (χ1) is 10.5. The zero-order chi connectivity index (χ0) is 15.7. The number of rotatable bonds is 6. The summed E-state index contributed by atoms with van der Waals surface area (Å²) >= 11 is 1.53. The third kappa shape index (κ3) is 3.21. The number of sulfonamides is 1. The second-order valence-electron chi connectivity index (χ2n) is 5.43. The zero-order valence-electron chi connectivity index (χ0n) is 12.2. The summed E-state index contributed by atoms with van der Waals surface area (Å²) in [6, 6.07) is 4.03. The largest absolute Gasteiger partial charge is 0.250 e. The van der Waals surface area contributed by atoms with Crippen molar-refractivity contribution in [3.63, 3.8) is 0 Å². The van der Waals surface area contributed by atoms with Crippen LogP contribution >= 0.6 is 11.3 Å². The molecule has 0 unspecified atom stereocenters. The molecule has 1 aromatic carbocycles. The molecule has 0 radical (unpaired) electrons. The van der Waals surface area contributed by atoms with Crippen LogP contribution in [-0.4, -0.2) is 30.3 Å². The molecule has 22 heavy (non-hydrogen) atoms.